The van der Waals surface area contributed by atoms with Crippen molar-refractivity contribution in [2.45, 2.75) is 6.54 Å². The van der Waals surface area contributed by atoms with Crippen molar-refractivity contribution in [1.82, 2.24) is 10.2 Å². The second kappa shape index (κ2) is 7.49. The molecule has 0 fully saturated rings. The molecule has 96 valence electrons. The van der Waals surface area contributed by atoms with Gasteiger partial charge in [0.25, 0.3) is 0 Å². The maximum absolute atomic E-state index is 11.2. The van der Waals surface area contributed by atoms with Crippen LogP contribution in [-0.2, 0) is 11.3 Å². The van der Waals surface area contributed by atoms with Gasteiger partial charge < -0.3 is 11.1 Å². The fourth-order valence-electron chi connectivity index (χ4n) is 1.59. The minimum Gasteiger partial charge on any atom is -0.358 e. The first-order chi connectivity index (χ1) is 8.65. The Kier molecular flexibility index (Phi) is 5.92. The smallest absolute Gasteiger partial charge is 0.233 e. The number of hydrogen-bond acceptors (Lipinski definition) is 3. The molecule has 0 heterocycles. The SMILES string of the molecule is CNC(=O)CN(C)Cc1cccc(C#CCN)c1. The van der Waals surface area contributed by atoms with Crippen LogP contribution >= 0.6 is 0 Å². The van der Waals surface area contributed by atoms with E-state index in [2.05, 4.69) is 17.2 Å². The Morgan fingerprint density at radius 2 is 2.28 bits per heavy atom. The van der Waals surface area contributed by atoms with Crippen molar-refractivity contribution in [1.29, 1.82) is 0 Å². The van der Waals surface area contributed by atoms with Gasteiger partial charge in [0, 0.05) is 19.2 Å². The van der Waals surface area contributed by atoms with Crippen LogP contribution in [0, 0.1) is 11.8 Å². The normalized spacial score (nSPS) is 9.78. The highest BCUT2D eigenvalue weighted by Gasteiger charge is 2.05. The predicted molar refractivity (Wildman–Crippen MR) is 72.8 cm³/mol. The van der Waals surface area contributed by atoms with Crippen LogP contribution in [0.4, 0.5) is 0 Å². The highest BCUT2D eigenvalue weighted by Crippen LogP contribution is 2.06. The molecular formula is C14H19N3O. The van der Waals surface area contributed by atoms with Gasteiger partial charge in [-0.05, 0) is 24.7 Å². The lowest BCUT2D eigenvalue weighted by atomic mass is 10.1. The predicted octanol–water partition coefficient (Wildman–Crippen LogP) is 0.175. The largest absolute Gasteiger partial charge is 0.358 e. The molecule has 0 radical (unpaired) electrons. The Hall–Kier alpha value is -1.83. The number of benzene rings is 1. The molecule has 0 aliphatic rings. The topological polar surface area (TPSA) is 58.4 Å². The van der Waals surface area contributed by atoms with E-state index in [1.807, 2.05) is 36.2 Å². The lowest BCUT2D eigenvalue weighted by molar-refractivity contribution is -0.121. The summed E-state index contributed by atoms with van der Waals surface area (Å²) in [5.41, 5.74) is 7.42. The van der Waals surface area contributed by atoms with Gasteiger partial charge in [-0.3, -0.25) is 9.69 Å². The Bertz CT molecular complexity index is 460. The van der Waals surface area contributed by atoms with Gasteiger partial charge in [-0.1, -0.05) is 24.0 Å². The van der Waals surface area contributed by atoms with E-state index in [0.29, 0.717) is 19.6 Å². The van der Waals surface area contributed by atoms with E-state index in [1.54, 1.807) is 7.05 Å². The third-order valence-corrected chi connectivity index (χ3v) is 2.41. The third-order valence-electron chi connectivity index (χ3n) is 2.41. The van der Waals surface area contributed by atoms with Crippen LogP contribution in [-0.4, -0.2) is 38.0 Å². The zero-order valence-electron chi connectivity index (χ0n) is 10.9. The summed E-state index contributed by atoms with van der Waals surface area (Å²) in [7, 11) is 3.55. The van der Waals surface area contributed by atoms with Crippen molar-refractivity contribution in [2.24, 2.45) is 5.73 Å². The van der Waals surface area contributed by atoms with Gasteiger partial charge in [-0.2, -0.15) is 0 Å². The van der Waals surface area contributed by atoms with Crippen LogP contribution < -0.4 is 11.1 Å². The minimum atomic E-state index is 0.0107. The summed E-state index contributed by atoms with van der Waals surface area (Å²) in [6.45, 7) is 1.46. The first-order valence-corrected chi connectivity index (χ1v) is 5.82. The zero-order chi connectivity index (χ0) is 13.4. The standard InChI is InChI=1S/C14H19N3O/c1-16-14(18)11-17(2)10-13-6-3-5-12(9-13)7-4-8-15/h3,5-6,9H,8,10-11,15H2,1-2H3,(H,16,18). The molecule has 0 saturated carbocycles. The summed E-state index contributed by atoms with van der Waals surface area (Å²) < 4.78 is 0. The number of rotatable bonds is 4. The number of hydrogen-bond donors (Lipinski definition) is 2. The number of carbonyl (C=O) groups is 1. The van der Waals surface area contributed by atoms with Crippen molar-refractivity contribution in [3.63, 3.8) is 0 Å². The van der Waals surface area contributed by atoms with Crippen LogP contribution in [0.1, 0.15) is 11.1 Å². The van der Waals surface area contributed by atoms with Gasteiger partial charge in [0.15, 0.2) is 0 Å². The fraction of sp³-hybridized carbons (Fsp3) is 0.357. The molecule has 18 heavy (non-hydrogen) atoms. The van der Waals surface area contributed by atoms with Gasteiger partial charge in [-0.25, -0.2) is 0 Å². The van der Waals surface area contributed by atoms with E-state index in [0.717, 1.165) is 11.1 Å². The van der Waals surface area contributed by atoms with Gasteiger partial charge >= 0.3 is 0 Å². The summed E-state index contributed by atoms with van der Waals surface area (Å²) in [6.07, 6.45) is 0. The Labute approximate surface area is 108 Å². The van der Waals surface area contributed by atoms with Crippen LogP contribution in [0.2, 0.25) is 0 Å². The highest BCUT2D eigenvalue weighted by molar-refractivity contribution is 5.77. The molecule has 0 atom stereocenters. The van der Waals surface area contributed by atoms with Crippen LogP contribution in [0.15, 0.2) is 24.3 Å². The van der Waals surface area contributed by atoms with E-state index in [9.17, 15) is 4.79 Å². The van der Waals surface area contributed by atoms with E-state index in [1.165, 1.54) is 0 Å². The molecule has 0 bridgehead atoms. The second-order valence-electron chi connectivity index (χ2n) is 4.05. The molecule has 3 N–H and O–H groups in total. The number of carbonyl (C=O) groups excluding carboxylic acids is 1. The van der Waals surface area contributed by atoms with Crippen LogP contribution in [0.5, 0.6) is 0 Å². The molecule has 1 amide bonds. The van der Waals surface area contributed by atoms with Crippen molar-refractivity contribution in [2.75, 3.05) is 27.2 Å². The molecular weight excluding hydrogens is 226 g/mol. The Morgan fingerprint density at radius 3 is 2.94 bits per heavy atom. The van der Waals surface area contributed by atoms with Crippen LogP contribution in [0.3, 0.4) is 0 Å². The molecule has 1 aromatic carbocycles. The van der Waals surface area contributed by atoms with Gasteiger partial charge in [0.1, 0.15) is 0 Å². The molecule has 0 aliphatic heterocycles. The van der Waals surface area contributed by atoms with Crippen LogP contribution in [0.25, 0.3) is 0 Å². The summed E-state index contributed by atoms with van der Waals surface area (Å²) >= 11 is 0. The molecule has 0 aliphatic carbocycles. The summed E-state index contributed by atoms with van der Waals surface area (Å²) in [5.74, 6) is 5.83. The molecule has 1 rings (SSSR count). The van der Waals surface area contributed by atoms with E-state index in [4.69, 9.17) is 5.73 Å². The monoisotopic (exact) mass is 245 g/mol. The van der Waals surface area contributed by atoms with Gasteiger partial charge in [-0.15, -0.1) is 0 Å². The Balaban J connectivity index is 2.64. The average molecular weight is 245 g/mol. The number of amides is 1. The molecule has 0 spiro atoms. The molecule has 4 heteroatoms. The number of nitrogens with one attached hydrogen (secondary N) is 1. The first-order valence-electron chi connectivity index (χ1n) is 5.82. The summed E-state index contributed by atoms with van der Waals surface area (Å²) in [6, 6.07) is 7.95. The van der Waals surface area contributed by atoms with E-state index in [-0.39, 0.29) is 5.91 Å². The third kappa shape index (κ3) is 5.00. The summed E-state index contributed by atoms with van der Waals surface area (Å²) in [4.78, 5) is 13.2. The first kappa shape index (κ1) is 14.2. The minimum absolute atomic E-state index is 0.0107. The van der Waals surface area contributed by atoms with Crippen molar-refractivity contribution in [3.05, 3.63) is 35.4 Å². The van der Waals surface area contributed by atoms with Gasteiger partial charge in [0.2, 0.25) is 5.91 Å². The Morgan fingerprint density at radius 1 is 1.50 bits per heavy atom. The number of nitrogens with two attached hydrogens (primary N) is 1. The zero-order valence-corrected chi connectivity index (χ0v) is 10.9. The molecule has 4 nitrogen and oxygen atoms in total. The molecule has 0 aromatic heterocycles. The quantitative estimate of drug-likeness (QED) is 0.744. The second-order valence-corrected chi connectivity index (χ2v) is 4.05. The maximum Gasteiger partial charge on any atom is 0.233 e. The van der Waals surface area contributed by atoms with Crippen molar-refractivity contribution >= 4 is 5.91 Å². The van der Waals surface area contributed by atoms with E-state index < -0.39 is 0 Å². The van der Waals surface area contributed by atoms with Gasteiger partial charge in [0.05, 0.1) is 13.1 Å². The molecule has 1 aromatic rings. The fourth-order valence-corrected chi connectivity index (χ4v) is 1.59. The van der Waals surface area contributed by atoms with Crippen molar-refractivity contribution < 1.29 is 4.79 Å². The lowest BCUT2D eigenvalue weighted by Crippen LogP contribution is -2.32. The number of nitrogens with zero attached hydrogens (tertiary/aromatic N) is 1. The molecule has 0 unspecified atom stereocenters. The van der Waals surface area contributed by atoms with Crippen molar-refractivity contribution in [3.8, 4) is 11.8 Å². The number of likely N-dealkylation sites (N-methyl/N-ethyl adjacent to an activating group) is 2. The lowest BCUT2D eigenvalue weighted by Gasteiger charge is -2.15. The molecule has 0 saturated heterocycles. The summed E-state index contributed by atoms with van der Waals surface area (Å²) in [5, 5.41) is 2.60. The average Bonchev–Trinajstić information content (AvgIpc) is 2.36. The van der Waals surface area contributed by atoms with E-state index >= 15 is 0 Å². The maximum atomic E-state index is 11.2. The highest BCUT2D eigenvalue weighted by atomic mass is 16.1.